The number of ketones is 1. The molecule has 0 N–H and O–H groups in total. The summed E-state index contributed by atoms with van der Waals surface area (Å²) in [6.07, 6.45) is 0. The molecule has 0 saturated heterocycles. The van der Waals surface area contributed by atoms with Crippen LogP contribution in [-0.2, 0) is 0 Å². The zero-order valence-electron chi connectivity index (χ0n) is 10.7. The molecule has 1 aromatic carbocycles. The van der Waals surface area contributed by atoms with E-state index in [0.717, 1.165) is 11.3 Å². The highest BCUT2D eigenvalue weighted by Gasteiger charge is 2.15. The molecule has 0 unspecified atom stereocenters. The molecule has 20 heavy (non-hydrogen) atoms. The van der Waals surface area contributed by atoms with E-state index >= 15 is 0 Å². The lowest BCUT2D eigenvalue weighted by molar-refractivity contribution is 0.0919. The molecule has 6 heteroatoms. The minimum atomic E-state index is -0.218. The fraction of sp³-hybridized carbons (Fsp3) is 0.214. The lowest BCUT2D eigenvalue weighted by Gasteiger charge is -2.10. The first-order valence-electron chi connectivity index (χ1n) is 5.94. The van der Waals surface area contributed by atoms with Crippen molar-refractivity contribution < 1.29 is 14.3 Å². The average Bonchev–Trinajstić information content (AvgIpc) is 2.77. The average molecular weight is 331 g/mol. The molecule has 0 radical (unpaired) electrons. The van der Waals surface area contributed by atoms with Gasteiger partial charge in [0.25, 0.3) is 0 Å². The van der Waals surface area contributed by atoms with Crippen LogP contribution in [0.1, 0.15) is 17.3 Å². The number of hydrogen-bond donors (Lipinski definition) is 0. The molecule has 0 fully saturated rings. The maximum absolute atomic E-state index is 12.0. The first kappa shape index (κ1) is 15.2. The van der Waals surface area contributed by atoms with E-state index in [1.807, 2.05) is 19.1 Å². The molecule has 0 aliphatic rings. The van der Waals surface area contributed by atoms with Gasteiger partial charge in [-0.05, 0) is 25.1 Å². The number of ether oxygens (including phenoxy) is 2. The molecular weight excluding hydrogens is 319 g/mol. The summed E-state index contributed by atoms with van der Waals surface area (Å²) >= 11 is 12.9. The van der Waals surface area contributed by atoms with E-state index in [4.69, 9.17) is 32.7 Å². The Morgan fingerprint density at radius 1 is 1.20 bits per heavy atom. The molecule has 0 saturated carbocycles. The molecule has 0 aliphatic carbocycles. The van der Waals surface area contributed by atoms with Crippen LogP contribution < -0.4 is 9.47 Å². The zero-order valence-corrected chi connectivity index (χ0v) is 13.0. The Morgan fingerprint density at radius 2 is 1.85 bits per heavy atom. The molecule has 1 heterocycles. The number of halogens is 2. The van der Waals surface area contributed by atoms with Gasteiger partial charge in [-0.1, -0.05) is 35.3 Å². The van der Waals surface area contributed by atoms with Crippen molar-refractivity contribution >= 4 is 40.3 Å². The van der Waals surface area contributed by atoms with Crippen molar-refractivity contribution in [3.63, 3.8) is 0 Å². The maximum atomic E-state index is 12.0. The van der Waals surface area contributed by atoms with Gasteiger partial charge in [-0.3, -0.25) is 4.79 Å². The maximum Gasteiger partial charge on any atom is 0.202 e. The molecule has 2 rings (SSSR count). The number of hydrogen-bond acceptors (Lipinski definition) is 4. The summed E-state index contributed by atoms with van der Waals surface area (Å²) in [5.74, 6) is 0.918. The highest BCUT2D eigenvalue weighted by molar-refractivity contribution is 7.20. The van der Waals surface area contributed by atoms with Gasteiger partial charge in [-0.15, -0.1) is 11.3 Å². The highest BCUT2D eigenvalue weighted by Crippen LogP contribution is 2.32. The second-order valence-electron chi connectivity index (χ2n) is 3.83. The van der Waals surface area contributed by atoms with Gasteiger partial charge in [0, 0.05) is 0 Å². The quantitative estimate of drug-likeness (QED) is 0.719. The number of thiophene rings is 1. The standard InChI is InChI=1S/C14H12Cl2O3S/c1-2-18-11-5-3-4-6-12(11)19-8-10(17)9-7-13(15)20-14(9)16/h3-7H,2,8H2,1H3. The van der Waals surface area contributed by atoms with E-state index in [2.05, 4.69) is 0 Å². The molecule has 0 amide bonds. The van der Waals surface area contributed by atoms with Crippen molar-refractivity contribution in [3.8, 4) is 11.5 Å². The Balaban J connectivity index is 2.05. The second kappa shape index (κ2) is 6.97. The summed E-state index contributed by atoms with van der Waals surface area (Å²) < 4.78 is 11.8. The molecule has 106 valence electrons. The summed E-state index contributed by atoms with van der Waals surface area (Å²) in [6.45, 7) is 2.30. The van der Waals surface area contributed by atoms with Gasteiger partial charge in [0.2, 0.25) is 5.78 Å². The highest BCUT2D eigenvalue weighted by atomic mass is 35.5. The van der Waals surface area contributed by atoms with E-state index in [9.17, 15) is 4.79 Å². The largest absolute Gasteiger partial charge is 0.490 e. The van der Waals surface area contributed by atoms with Crippen LogP contribution in [0.25, 0.3) is 0 Å². The predicted molar refractivity (Wildman–Crippen MR) is 81.8 cm³/mol. The topological polar surface area (TPSA) is 35.5 Å². The van der Waals surface area contributed by atoms with E-state index in [1.165, 1.54) is 0 Å². The van der Waals surface area contributed by atoms with Crippen LogP contribution in [0, 0.1) is 0 Å². The lowest BCUT2D eigenvalue weighted by atomic mass is 10.2. The van der Waals surface area contributed by atoms with Crippen LogP contribution in [0.4, 0.5) is 0 Å². The van der Waals surface area contributed by atoms with E-state index in [0.29, 0.717) is 32.3 Å². The van der Waals surface area contributed by atoms with Gasteiger partial charge in [0.1, 0.15) is 4.34 Å². The molecule has 3 nitrogen and oxygen atoms in total. The molecule has 0 bridgehead atoms. The van der Waals surface area contributed by atoms with Gasteiger partial charge in [-0.25, -0.2) is 0 Å². The minimum absolute atomic E-state index is 0.114. The second-order valence-corrected chi connectivity index (χ2v) is 6.12. The molecule has 0 spiro atoms. The van der Waals surface area contributed by atoms with Crippen molar-refractivity contribution in [1.82, 2.24) is 0 Å². The first-order valence-corrected chi connectivity index (χ1v) is 7.51. The minimum Gasteiger partial charge on any atom is -0.490 e. The first-order chi connectivity index (χ1) is 9.61. The van der Waals surface area contributed by atoms with E-state index in [-0.39, 0.29) is 12.4 Å². The molecular formula is C14H12Cl2O3S. The third kappa shape index (κ3) is 3.66. The molecule has 1 aromatic heterocycles. The van der Waals surface area contributed by atoms with Crippen LogP contribution in [0.5, 0.6) is 11.5 Å². The van der Waals surface area contributed by atoms with E-state index in [1.54, 1.807) is 18.2 Å². The Kier molecular flexibility index (Phi) is 5.29. The summed E-state index contributed by atoms with van der Waals surface area (Å²) in [6, 6.07) is 8.75. The number of benzene rings is 1. The molecule has 0 aliphatic heterocycles. The smallest absolute Gasteiger partial charge is 0.202 e. The number of para-hydroxylation sites is 2. The third-order valence-corrected chi connectivity index (χ3v) is 3.95. The number of Topliss-reactive ketones (excluding diaryl/α,β-unsaturated/α-hetero) is 1. The summed E-state index contributed by atoms with van der Waals surface area (Å²) in [5, 5.41) is 0. The SMILES string of the molecule is CCOc1ccccc1OCC(=O)c1cc(Cl)sc1Cl. The van der Waals surface area contributed by atoms with Crippen LogP contribution in [0.3, 0.4) is 0 Å². The Labute approximate surface area is 131 Å². The summed E-state index contributed by atoms with van der Waals surface area (Å²) in [7, 11) is 0. The Morgan fingerprint density at radius 3 is 2.40 bits per heavy atom. The third-order valence-electron chi connectivity index (χ3n) is 2.46. The van der Waals surface area contributed by atoms with Gasteiger partial charge in [0.05, 0.1) is 16.5 Å². The normalized spacial score (nSPS) is 10.3. The van der Waals surface area contributed by atoms with Crippen LogP contribution in [-0.4, -0.2) is 19.0 Å². The molecule has 0 atom stereocenters. The van der Waals surface area contributed by atoms with Crippen LogP contribution in [0.2, 0.25) is 8.67 Å². The number of rotatable bonds is 6. The van der Waals surface area contributed by atoms with Crippen LogP contribution in [0.15, 0.2) is 30.3 Å². The van der Waals surface area contributed by atoms with Gasteiger partial charge >= 0.3 is 0 Å². The predicted octanol–water partition coefficient (Wildman–Crippen LogP) is 4.72. The number of carbonyl (C=O) groups excluding carboxylic acids is 1. The summed E-state index contributed by atoms with van der Waals surface area (Å²) in [5.41, 5.74) is 0.385. The Bertz CT molecular complexity index is 610. The van der Waals surface area contributed by atoms with Crippen molar-refractivity contribution in [2.75, 3.05) is 13.2 Å². The fourth-order valence-electron chi connectivity index (χ4n) is 1.60. The zero-order chi connectivity index (χ0) is 14.5. The Hall–Kier alpha value is -1.23. The van der Waals surface area contributed by atoms with Crippen LogP contribution >= 0.6 is 34.5 Å². The molecule has 2 aromatic rings. The van der Waals surface area contributed by atoms with Gasteiger partial charge < -0.3 is 9.47 Å². The lowest BCUT2D eigenvalue weighted by Crippen LogP contribution is -2.11. The van der Waals surface area contributed by atoms with Gasteiger partial charge in [0.15, 0.2) is 18.1 Å². The van der Waals surface area contributed by atoms with Crippen molar-refractivity contribution in [3.05, 3.63) is 44.6 Å². The van der Waals surface area contributed by atoms with Crippen molar-refractivity contribution in [2.45, 2.75) is 6.92 Å². The van der Waals surface area contributed by atoms with Crippen molar-refractivity contribution in [2.24, 2.45) is 0 Å². The van der Waals surface area contributed by atoms with E-state index < -0.39 is 0 Å². The number of carbonyl (C=O) groups is 1. The van der Waals surface area contributed by atoms with Crippen molar-refractivity contribution in [1.29, 1.82) is 0 Å². The van der Waals surface area contributed by atoms with Gasteiger partial charge in [-0.2, -0.15) is 0 Å². The monoisotopic (exact) mass is 330 g/mol. The summed E-state index contributed by atoms with van der Waals surface area (Å²) in [4.78, 5) is 12.0. The fourth-order valence-corrected chi connectivity index (χ4v) is 3.09.